The molecule has 0 aliphatic rings. The molecule has 4 aromatic rings. The van der Waals surface area contributed by atoms with Crippen molar-refractivity contribution < 1.29 is 18.7 Å². The van der Waals surface area contributed by atoms with Gasteiger partial charge in [-0.1, -0.05) is 42.5 Å². The molecule has 31 heavy (non-hydrogen) atoms. The van der Waals surface area contributed by atoms with Crippen molar-refractivity contribution in [1.29, 1.82) is 0 Å². The van der Waals surface area contributed by atoms with Crippen LogP contribution < -0.4 is 10.1 Å². The molecular weight excluding hydrogens is 392 g/mol. The van der Waals surface area contributed by atoms with Gasteiger partial charge in [-0.2, -0.15) is 4.98 Å². The average molecular weight is 418 g/mol. The third-order valence-corrected chi connectivity index (χ3v) is 4.64. The van der Waals surface area contributed by atoms with Crippen molar-refractivity contribution in [2.24, 2.45) is 0 Å². The molecule has 0 unspecified atom stereocenters. The summed E-state index contributed by atoms with van der Waals surface area (Å²) in [7, 11) is 0. The number of hydrogen-bond donors (Lipinski definition) is 1. The molecule has 0 saturated heterocycles. The van der Waals surface area contributed by atoms with Crippen molar-refractivity contribution >= 4 is 33.9 Å². The molecule has 6 nitrogen and oxygen atoms in total. The number of nitrogens with zero attached hydrogens (tertiary/aromatic N) is 1. The first-order chi connectivity index (χ1) is 14.9. The molecule has 0 spiro atoms. The van der Waals surface area contributed by atoms with E-state index in [-0.39, 0.29) is 0 Å². The van der Waals surface area contributed by atoms with Gasteiger partial charge in [0.25, 0.3) is 6.01 Å². The Kier molecular flexibility index (Phi) is 5.80. The summed E-state index contributed by atoms with van der Waals surface area (Å²) in [6, 6.07) is 19.6. The van der Waals surface area contributed by atoms with E-state index < -0.39 is 11.6 Å². The molecule has 3 aromatic carbocycles. The Morgan fingerprint density at radius 2 is 1.81 bits per heavy atom. The maximum atomic E-state index is 12.7. The number of benzene rings is 3. The highest BCUT2D eigenvalue weighted by atomic mass is 16.6. The van der Waals surface area contributed by atoms with Crippen LogP contribution in [0.1, 0.15) is 37.6 Å². The molecule has 1 heterocycles. The highest BCUT2D eigenvalue weighted by Crippen LogP contribution is 2.31. The van der Waals surface area contributed by atoms with Gasteiger partial charge in [0.2, 0.25) is 0 Å². The fourth-order valence-electron chi connectivity index (χ4n) is 3.28. The van der Waals surface area contributed by atoms with E-state index in [0.717, 1.165) is 21.9 Å². The topological polar surface area (TPSA) is 73.6 Å². The predicted molar refractivity (Wildman–Crippen MR) is 122 cm³/mol. The van der Waals surface area contributed by atoms with Gasteiger partial charge in [-0.15, -0.1) is 0 Å². The fraction of sp³-hybridized carbons (Fsp3) is 0.280. The molecule has 0 atom stereocenters. The molecule has 0 saturated carbocycles. The smallest absolute Gasteiger partial charge is 0.342 e. The second-order valence-electron chi connectivity index (χ2n) is 8.28. The molecule has 0 radical (unpaired) electrons. The predicted octanol–water partition coefficient (Wildman–Crippen LogP) is 5.82. The van der Waals surface area contributed by atoms with E-state index in [1.165, 1.54) is 0 Å². The zero-order valence-electron chi connectivity index (χ0n) is 18.0. The lowest BCUT2D eigenvalue weighted by Gasteiger charge is -2.21. The quantitative estimate of drug-likeness (QED) is 0.301. The Morgan fingerprint density at radius 3 is 2.61 bits per heavy atom. The van der Waals surface area contributed by atoms with Crippen LogP contribution in [0.3, 0.4) is 0 Å². The monoisotopic (exact) mass is 418 g/mol. The number of fused-ring (bicyclic) bond motifs is 2. The summed E-state index contributed by atoms with van der Waals surface area (Å²) in [5, 5.41) is 5.07. The van der Waals surface area contributed by atoms with Crippen LogP contribution in [0.2, 0.25) is 0 Å². The standard InChI is InChI=1S/C25H26N2O4/c1-25(2,3)31-23(28)19-14-13-17-9-4-5-10-18(17)22(19)29-16-8-15-26-24-27-20-11-6-7-12-21(20)30-24/h4-7,9-14H,8,15-16H2,1-3H3,(H,26,27). The third-order valence-electron chi connectivity index (χ3n) is 4.64. The van der Waals surface area contributed by atoms with E-state index in [1.54, 1.807) is 6.07 Å². The van der Waals surface area contributed by atoms with Gasteiger partial charge in [-0.05, 0) is 50.8 Å². The molecule has 0 amide bonds. The van der Waals surface area contributed by atoms with Gasteiger partial charge in [-0.25, -0.2) is 4.79 Å². The van der Waals surface area contributed by atoms with Gasteiger partial charge in [0.05, 0.1) is 6.61 Å². The number of para-hydroxylation sites is 2. The summed E-state index contributed by atoms with van der Waals surface area (Å²) in [4.78, 5) is 17.1. The molecule has 160 valence electrons. The van der Waals surface area contributed by atoms with E-state index in [1.807, 2.05) is 75.4 Å². The summed E-state index contributed by atoms with van der Waals surface area (Å²) < 4.78 is 17.3. The van der Waals surface area contributed by atoms with E-state index in [2.05, 4.69) is 10.3 Å². The largest absolute Gasteiger partial charge is 0.492 e. The van der Waals surface area contributed by atoms with Crippen LogP contribution in [0.4, 0.5) is 6.01 Å². The van der Waals surface area contributed by atoms with Crippen molar-refractivity contribution in [2.45, 2.75) is 32.8 Å². The highest BCUT2D eigenvalue weighted by molar-refractivity contribution is 6.01. The van der Waals surface area contributed by atoms with Crippen LogP contribution in [-0.2, 0) is 4.74 Å². The molecule has 6 heteroatoms. The lowest BCUT2D eigenvalue weighted by atomic mass is 10.0. The number of anilines is 1. The maximum Gasteiger partial charge on any atom is 0.342 e. The Hall–Kier alpha value is -3.54. The van der Waals surface area contributed by atoms with E-state index in [9.17, 15) is 4.79 Å². The number of nitrogens with one attached hydrogen (secondary N) is 1. The number of oxazole rings is 1. The molecule has 0 bridgehead atoms. The molecule has 0 aliphatic carbocycles. The van der Waals surface area contributed by atoms with Gasteiger partial charge >= 0.3 is 5.97 Å². The molecule has 4 rings (SSSR count). The lowest BCUT2D eigenvalue weighted by Crippen LogP contribution is -2.24. The van der Waals surface area contributed by atoms with Gasteiger partial charge in [0, 0.05) is 11.9 Å². The van der Waals surface area contributed by atoms with E-state index >= 15 is 0 Å². The minimum absolute atomic E-state index is 0.391. The summed E-state index contributed by atoms with van der Waals surface area (Å²) in [5.74, 6) is 0.159. The first kappa shape index (κ1) is 20.7. The third kappa shape index (κ3) is 4.97. The summed E-state index contributed by atoms with van der Waals surface area (Å²) in [5.41, 5.74) is 1.42. The highest BCUT2D eigenvalue weighted by Gasteiger charge is 2.22. The molecule has 1 N–H and O–H groups in total. The van der Waals surface area contributed by atoms with Gasteiger partial charge in [0.1, 0.15) is 22.4 Å². The number of carbonyl (C=O) groups is 1. The number of esters is 1. The summed E-state index contributed by atoms with van der Waals surface area (Å²) >= 11 is 0. The zero-order valence-corrected chi connectivity index (χ0v) is 18.0. The Morgan fingerprint density at radius 1 is 1.03 bits per heavy atom. The molecule has 0 aliphatic heterocycles. The van der Waals surface area contributed by atoms with E-state index in [0.29, 0.717) is 36.9 Å². The zero-order chi connectivity index (χ0) is 21.8. The Balaban J connectivity index is 1.44. The normalized spacial score (nSPS) is 11.6. The first-order valence-electron chi connectivity index (χ1n) is 10.4. The Labute approximate surface area is 181 Å². The number of ether oxygens (including phenoxy) is 2. The minimum atomic E-state index is -0.580. The maximum absolute atomic E-state index is 12.7. The van der Waals surface area contributed by atoms with Crippen LogP contribution in [0.5, 0.6) is 5.75 Å². The van der Waals surface area contributed by atoms with Crippen LogP contribution in [0.15, 0.2) is 65.1 Å². The van der Waals surface area contributed by atoms with Crippen molar-refractivity contribution in [3.05, 3.63) is 66.2 Å². The molecule has 1 aromatic heterocycles. The second-order valence-corrected chi connectivity index (χ2v) is 8.28. The van der Waals surface area contributed by atoms with Crippen molar-refractivity contribution in [1.82, 2.24) is 4.98 Å². The fourth-order valence-corrected chi connectivity index (χ4v) is 3.28. The van der Waals surface area contributed by atoms with Gasteiger partial charge < -0.3 is 19.2 Å². The lowest BCUT2D eigenvalue weighted by molar-refractivity contribution is 0.00661. The second kappa shape index (κ2) is 8.68. The summed E-state index contributed by atoms with van der Waals surface area (Å²) in [6.07, 6.45) is 0.704. The minimum Gasteiger partial charge on any atom is -0.492 e. The van der Waals surface area contributed by atoms with Crippen molar-refractivity contribution in [2.75, 3.05) is 18.5 Å². The van der Waals surface area contributed by atoms with Crippen molar-refractivity contribution in [3.8, 4) is 5.75 Å². The van der Waals surface area contributed by atoms with Crippen molar-refractivity contribution in [3.63, 3.8) is 0 Å². The first-order valence-corrected chi connectivity index (χ1v) is 10.4. The number of hydrogen-bond acceptors (Lipinski definition) is 6. The number of rotatable bonds is 7. The van der Waals surface area contributed by atoms with Gasteiger partial charge in [0.15, 0.2) is 5.58 Å². The van der Waals surface area contributed by atoms with Crippen LogP contribution >= 0.6 is 0 Å². The average Bonchev–Trinajstić information content (AvgIpc) is 3.15. The summed E-state index contributed by atoms with van der Waals surface area (Å²) in [6.45, 7) is 6.61. The van der Waals surface area contributed by atoms with Crippen LogP contribution in [0.25, 0.3) is 21.9 Å². The SMILES string of the molecule is CC(C)(C)OC(=O)c1ccc2ccccc2c1OCCCNc1nc2ccccc2o1. The van der Waals surface area contributed by atoms with Crippen LogP contribution in [-0.4, -0.2) is 29.7 Å². The van der Waals surface area contributed by atoms with E-state index in [4.69, 9.17) is 13.9 Å². The Bertz CT molecular complexity index is 1170. The molecule has 0 fully saturated rings. The van der Waals surface area contributed by atoms with Crippen LogP contribution in [0, 0.1) is 0 Å². The van der Waals surface area contributed by atoms with Gasteiger partial charge in [-0.3, -0.25) is 0 Å². The number of carbonyl (C=O) groups excluding carboxylic acids is 1. The molecular formula is C25H26N2O4. The number of aromatic nitrogens is 1.